The van der Waals surface area contributed by atoms with E-state index in [-0.39, 0.29) is 32.0 Å². The highest BCUT2D eigenvalue weighted by Gasteiger charge is 2.27. The number of hydrogen-bond donors (Lipinski definition) is 1. The zero-order chi connectivity index (χ0) is 69.0. The van der Waals surface area contributed by atoms with Crippen LogP contribution in [0.1, 0.15) is 341 Å². The average Bonchev–Trinajstić information content (AvgIpc) is 2.18. The van der Waals surface area contributed by atoms with Crippen LogP contribution in [0.5, 0.6) is 0 Å². The Morgan fingerprint density at radius 3 is 0.895 bits per heavy atom. The van der Waals surface area contributed by atoms with Gasteiger partial charge in [0, 0.05) is 12.8 Å². The van der Waals surface area contributed by atoms with E-state index < -0.39 is 26.5 Å². The summed E-state index contributed by atoms with van der Waals surface area (Å²) in [4.78, 5) is 36.0. The third kappa shape index (κ3) is 79.0. The Morgan fingerprint density at radius 2 is 0.600 bits per heavy atom. The van der Waals surface area contributed by atoms with Crippen LogP contribution in [0.4, 0.5) is 0 Å². The Balaban J connectivity index is 4.07. The van der Waals surface area contributed by atoms with Crippen LogP contribution < -0.4 is 0 Å². The molecule has 9 nitrogen and oxygen atoms in total. The van der Waals surface area contributed by atoms with Crippen molar-refractivity contribution < 1.29 is 42.1 Å². The van der Waals surface area contributed by atoms with Gasteiger partial charge in [0.2, 0.25) is 0 Å². The summed E-state index contributed by atoms with van der Waals surface area (Å²) in [5.41, 5.74) is 0. The zero-order valence-corrected chi connectivity index (χ0v) is 63.3. The van der Waals surface area contributed by atoms with E-state index in [1.54, 1.807) is 0 Å². The number of unbranched alkanes of at least 4 members (excludes halogenated alkanes) is 36. The van der Waals surface area contributed by atoms with Crippen molar-refractivity contribution in [3.63, 3.8) is 0 Å². The molecule has 1 N–H and O–H groups in total. The van der Waals surface area contributed by atoms with Gasteiger partial charge in [0.1, 0.15) is 19.8 Å². The first kappa shape index (κ1) is 91.2. The molecule has 0 aromatic carbocycles. The van der Waals surface area contributed by atoms with Crippen LogP contribution in [0.25, 0.3) is 0 Å². The van der Waals surface area contributed by atoms with Crippen molar-refractivity contribution >= 4 is 19.8 Å². The molecule has 0 fully saturated rings. The number of phosphoric ester groups is 1. The molecular weight excluding hydrogens is 1190 g/mol. The summed E-state index contributed by atoms with van der Waals surface area (Å²) >= 11 is 0. The first-order chi connectivity index (χ1) is 46.5. The number of rotatable bonds is 72. The maximum absolute atomic E-state index is 12.9. The highest BCUT2D eigenvalue weighted by atomic mass is 31.2. The second-order valence-electron chi connectivity index (χ2n) is 27.4. The van der Waals surface area contributed by atoms with Crippen LogP contribution in [-0.2, 0) is 32.7 Å². The number of allylic oxidation sites excluding steroid dienone is 22. The molecule has 0 aliphatic rings. The molecule has 0 rings (SSSR count). The van der Waals surface area contributed by atoms with Crippen LogP contribution in [0.3, 0.4) is 0 Å². The van der Waals surface area contributed by atoms with Crippen LogP contribution in [0, 0.1) is 0 Å². The lowest BCUT2D eigenvalue weighted by Gasteiger charge is -2.24. The topological polar surface area (TPSA) is 108 Å². The van der Waals surface area contributed by atoms with E-state index in [0.29, 0.717) is 17.4 Å². The number of esters is 2. The van der Waals surface area contributed by atoms with Gasteiger partial charge in [-0.2, -0.15) is 0 Å². The maximum atomic E-state index is 12.9. The van der Waals surface area contributed by atoms with E-state index in [0.717, 1.165) is 122 Å². The molecule has 2 unspecified atom stereocenters. The first-order valence-corrected chi connectivity index (χ1v) is 40.9. The van der Waals surface area contributed by atoms with E-state index in [1.807, 2.05) is 21.1 Å². The molecule has 0 saturated heterocycles. The van der Waals surface area contributed by atoms with E-state index in [9.17, 15) is 19.0 Å². The predicted octanol–water partition coefficient (Wildman–Crippen LogP) is 26.3. The van der Waals surface area contributed by atoms with Gasteiger partial charge >= 0.3 is 19.8 Å². The molecule has 0 radical (unpaired) electrons. The van der Waals surface area contributed by atoms with Gasteiger partial charge in [0.05, 0.1) is 27.7 Å². The third-order valence-electron chi connectivity index (χ3n) is 16.9. The van der Waals surface area contributed by atoms with E-state index in [4.69, 9.17) is 18.5 Å². The number of carbonyl (C=O) groups is 2. The van der Waals surface area contributed by atoms with Gasteiger partial charge in [-0.1, -0.05) is 366 Å². The molecule has 2 atom stereocenters. The summed E-state index contributed by atoms with van der Waals surface area (Å²) in [6.07, 6.45) is 109. The number of likely N-dealkylation sites (N-methyl/N-ethyl adjacent to an activating group) is 1. The summed E-state index contributed by atoms with van der Waals surface area (Å²) < 4.78 is 34.8. The molecule has 546 valence electrons. The lowest BCUT2D eigenvalue weighted by Crippen LogP contribution is -2.37. The number of ether oxygens (including phenoxy) is 2. The van der Waals surface area contributed by atoms with Gasteiger partial charge in [-0.05, 0) is 96.3 Å². The standard InChI is InChI=1S/C85H148NO8P/c1-6-8-10-12-14-16-18-20-22-24-26-28-30-32-34-36-38-40-41-42-43-44-45-46-48-50-52-54-56-58-60-62-64-66-68-70-72-74-76-78-85(88)94-83(82-93-95(89,90)92-80-79-86(3,4)5)81-91-84(87)77-75-73-71-69-67-65-63-61-59-57-55-53-51-49-47-39-37-35-33-31-29-27-25-23-21-19-17-15-13-11-9-7-2/h8,10,14,16,20,22,26,28,32,34,38,40,42-43,45-46,50,52,56,58,62,64,83H,6-7,9,11-13,15,17-19,21,23-25,27,29-31,33,35-37,39,41,44,47-49,51,53-55,57,59-61,63,65-82H2,1-5H3/p+1/b10-8-,16-14-,22-20-,28-26-,34-32-,40-38-,43-42-,46-45-,52-50-,58-56-,64-62-. The Morgan fingerprint density at radius 1 is 0.337 bits per heavy atom. The van der Waals surface area contributed by atoms with Crippen molar-refractivity contribution in [2.75, 3.05) is 47.5 Å². The smallest absolute Gasteiger partial charge is 0.462 e. The highest BCUT2D eigenvalue weighted by molar-refractivity contribution is 7.47. The SMILES string of the molecule is CC/C=C\C/C=C\C/C=C\C/C=C\C/C=C\C/C=C\C/C=C\C/C=C\C/C=C\C/C=C\C/C=C\CCCCCCCC(=O)OC(COC(=O)CCCCCCCCCCCCCCCCCCCCCCCCCCCCCCCCCC)COP(=O)(O)OCC[N+](C)(C)C. The van der Waals surface area contributed by atoms with Gasteiger partial charge in [0.25, 0.3) is 0 Å². The third-order valence-corrected chi connectivity index (χ3v) is 17.9. The van der Waals surface area contributed by atoms with Crippen LogP contribution in [0.2, 0.25) is 0 Å². The Bertz CT molecular complexity index is 2070. The summed E-state index contributed by atoms with van der Waals surface area (Å²) in [7, 11) is 1.46. The van der Waals surface area contributed by atoms with Gasteiger partial charge in [0.15, 0.2) is 6.10 Å². The van der Waals surface area contributed by atoms with Gasteiger partial charge in [-0.3, -0.25) is 18.6 Å². The minimum absolute atomic E-state index is 0.0227. The molecule has 0 spiro atoms. The Hall–Kier alpha value is -3.85. The molecule has 0 bridgehead atoms. The number of phosphoric acid groups is 1. The molecule has 0 aromatic heterocycles. The van der Waals surface area contributed by atoms with E-state index in [1.165, 1.54) is 186 Å². The minimum Gasteiger partial charge on any atom is -0.462 e. The summed E-state index contributed by atoms with van der Waals surface area (Å²) in [6.45, 7) is 4.33. The molecule has 10 heteroatoms. The fourth-order valence-electron chi connectivity index (χ4n) is 11.0. The fraction of sp³-hybridized carbons (Fsp3) is 0.718. The largest absolute Gasteiger partial charge is 0.472 e. The highest BCUT2D eigenvalue weighted by Crippen LogP contribution is 2.43. The lowest BCUT2D eigenvalue weighted by atomic mass is 10.0. The van der Waals surface area contributed by atoms with Crippen molar-refractivity contribution in [2.45, 2.75) is 347 Å². The number of nitrogens with zero attached hydrogens (tertiary/aromatic N) is 1. The monoisotopic (exact) mass is 1340 g/mol. The molecule has 0 saturated carbocycles. The molecule has 0 aliphatic carbocycles. The van der Waals surface area contributed by atoms with Crippen molar-refractivity contribution in [1.29, 1.82) is 0 Å². The van der Waals surface area contributed by atoms with E-state index >= 15 is 0 Å². The number of hydrogen-bond acceptors (Lipinski definition) is 7. The molecule has 0 heterocycles. The second kappa shape index (κ2) is 74.4. The van der Waals surface area contributed by atoms with Crippen molar-refractivity contribution in [3.8, 4) is 0 Å². The van der Waals surface area contributed by atoms with Crippen LogP contribution in [0.15, 0.2) is 134 Å². The summed E-state index contributed by atoms with van der Waals surface area (Å²) in [5, 5.41) is 0. The van der Waals surface area contributed by atoms with Crippen molar-refractivity contribution in [2.24, 2.45) is 0 Å². The second-order valence-corrected chi connectivity index (χ2v) is 28.8. The van der Waals surface area contributed by atoms with Crippen LogP contribution in [-0.4, -0.2) is 74.9 Å². The molecule has 0 aromatic rings. The number of carbonyl (C=O) groups excluding carboxylic acids is 2. The summed E-state index contributed by atoms with van der Waals surface area (Å²) in [5.74, 6) is -0.814. The lowest BCUT2D eigenvalue weighted by molar-refractivity contribution is -0.870. The average molecular weight is 1340 g/mol. The number of quaternary nitrogens is 1. The predicted molar refractivity (Wildman–Crippen MR) is 413 cm³/mol. The normalized spacial score (nSPS) is 13.8. The minimum atomic E-state index is -4.41. The van der Waals surface area contributed by atoms with Crippen molar-refractivity contribution in [1.82, 2.24) is 0 Å². The van der Waals surface area contributed by atoms with E-state index in [2.05, 4.69) is 148 Å². The Labute approximate surface area is 587 Å². The van der Waals surface area contributed by atoms with Gasteiger partial charge in [-0.15, -0.1) is 0 Å². The van der Waals surface area contributed by atoms with Crippen molar-refractivity contribution in [3.05, 3.63) is 134 Å². The quantitative estimate of drug-likeness (QED) is 0.0211. The zero-order valence-electron chi connectivity index (χ0n) is 62.4. The molecule has 95 heavy (non-hydrogen) atoms. The summed E-state index contributed by atoms with van der Waals surface area (Å²) in [6, 6.07) is 0. The Kier molecular flexibility index (Phi) is 71.4. The molecular formula is C85H149NO8P+. The van der Waals surface area contributed by atoms with Gasteiger partial charge in [-0.25, -0.2) is 4.57 Å². The first-order valence-electron chi connectivity index (χ1n) is 39.4. The maximum Gasteiger partial charge on any atom is 0.472 e. The van der Waals surface area contributed by atoms with Gasteiger partial charge < -0.3 is 18.9 Å². The van der Waals surface area contributed by atoms with Crippen LogP contribution >= 0.6 is 7.82 Å². The molecule has 0 aliphatic heterocycles. The molecule has 0 amide bonds. The fourth-order valence-corrected chi connectivity index (χ4v) is 11.7.